The van der Waals surface area contributed by atoms with E-state index in [-0.39, 0.29) is 102 Å². The smallest absolute Gasteiger partial charge is 0.293 e. The Labute approximate surface area is 747 Å². The minimum Gasteiger partial charge on any atom is -0.489 e. The fraction of sp³-hybridized carbons (Fsp3) is 0.341. The fourth-order valence-corrected chi connectivity index (χ4v) is 10.5. The van der Waals surface area contributed by atoms with Gasteiger partial charge in [-0.1, -0.05) is 36.2 Å². The first kappa shape index (κ1) is 99.9. The minimum absolute atomic E-state index is 0.0362. The molecule has 0 radical (unpaired) electrons. The largest absolute Gasteiger partial charge is 0.489 e. The molecule has 2 aliphatic rings. The zero-order valence-corrected chi connectivity index (χ0v) is 73.9. The number of carbonyl (C=O) groups excluding carboxylic acids is 1. The van der Waals surface area contributed by atoms with Crippen molar-refractivity contribution in [2.75, 3.05) is 78.9 Å². The average molecular weight is 1800 g/mol. The second-order valence-electron chi connectivity index (χ2n) is 32.4. The molecule has 690 valence electrons. The quantitative estimate of drug-likeness (QED) is 0.0177. The summed E-state index contributed by atoms with van der Waals surface area (Å²) in [4.78, 5) is 28.1. The number of aryl methyl sites for hydroxylation is 1. The summed E-state index contributed by atoms with van der Waals surface area (Å²) in [7, 11) is 0. The number of tetrazole rings is 2. The van der Waals surface area contributed by atoms with Gasteiger partial charge in [0.15, 0.2) is 0 Å². The zero-order chi connectivity index (χ0) is 93.8. The van der Waals surface area contributed by atoms with Crippen molar-refractivity contribution in [3.63, 3.8) is 0 Å². The Bertz CT molecular complexity index is 5420. The van der Waals surface area contributed by atoms with Crippen molar-refractivity contribution in [1.29, 1.82) is 0 Å². The number of aromatic amines is 1. The summed E-state index contributed by atoms with van der Waals surface area (Å²) in [5.74, 6) is 7.51. The van der Waals surface area contributed by atoms with Crippen molar-refractivity contribution in [3.8, 4) is 103 Å². The van der Waals surface area contributed by atoms with Gasteiger partial charge in [-0.25, -0.2) is 26.3 Å². The van der Waals surface area contributed by atoms with Crippen LogP contribution in [0.2, 0.25) is 0 Å². The van der Waals surface area contributed by atoms with Crippen LogP contribution in [-0.4, -0.2) is 171 Å². The normalized spacial score (nSPS) is 13.2. The lowest BCUT2D eigenvalue weighted by atomic mass is 9.97. The molecule has 0 aliphatic heterocycles. The minimum atomic E-state index is -0.408. The van der Waals surface area contributed by atoms with E-state index in [1.54, 1.807) is 88.6 Å². The van der Waals surface area contributed by atoms with Gasteiger partial charge in [0, 0.05) is 123 Å². The maximum absolute atomic E-state index is 12.4. The second kappa shape index (κ2) is 49.5. The number of aromatic nitrogens is 16. The highest BCUT2D eigenvalue weighted by Gasteiger charge is 2.31. The predicted octanol–water partition coefficient (Wildman–Crippen LogP) is 15.2. The Morgan fingerprint density at radius 1 is 0.438 bits per heavy atom. The molecule has 0 atom stereocenters. The van der Waals surface area contributed by atoms with Gasteiger partial charge in [0.25, 0.3) is 17.6 Å². The number of nitrogens with zero attached hydrogens (tertiary/aromatic N) is 15. The Kier molecular flexibility index (Phi) is 38.0. The summed E-state index contributed by atoms with van der Waals surface area (Å²) in [6.45, 7) is 21.2. The zero-order valence-electron chi connectivity index (χ0n) is 73.9. The maximum atomic E-state index is 12.4. The summed E-state index contributed by atoms with van der Waals surface area (Å²) in [5, 5.41) is 46.2. The number of halogens is 6. The molecular formula is C91H109F6N23O10. The molecule has 2 fully saturated rings. The Morgan fingerprint density at radius 3 is 1.12 bits per heavy atom. The molecule has 0 bridgehead atoms. The number of carbonyl (C=O) groups is 1. The van der Waals surface area contributed by atoms with Gasteiger partial charge in [0.05, 0.1) is 61.5 Å². The first-order valence-electron chi connectivity index (χ1n) is 41.3. The summed E-state index contributed by atoms with van der Waals surface area (Å²) < 4.78 is 123. The molecule has 130 heavy (non-hydrogen) atoms. The van der Waals surface area contributed by atoms with Gasteiger partial charge in [0.1, 0.15) is 74.1 Å². The molecule has 0 unspecified atom stereocenters. The van der Waals surface area contributed by atoms with Crippen LogP contribution in [0.4, 0.5) is 26.3 Å². The molecule has 1 amide bonds. The molecule has 14 N–H and O–H groups in total. The molecule has 33 nitrogen and oxygen atoms in total. The number of nitrogens with two attached hydrogens (primary N) is 6. The van der Waals surface area contributed by atoms with E-state index in [2.05, 4.69) is 76.8 Å². The first-order chi connectivity index (χ1) is 62.5. The molecule has 6 aromatic heterocycles. The third kappa shape index (κ3) is 31.9. The van der Waals surface area contributed by atoms with Crippen LogP contribution in [0.1, 0.15) is 128 Å². The summed E-state index contributed by atoms with van der Waals surface area (Å²) >= 11 is 0. The molecule has 6 heterocycles. The maximum Gasteiger partial charge on any atom is 0.293 e. The van der Waals surface area contributed by atoms with Crippen LogP contribution < -0.4 is 68.1 Å². The van der Waals surface area contributed by atoms with Crippen LogP contribution in [0.5, 0.6) is 34.5 Å². The third-order valence-electron chi connectivity index (χ3n) is 18.4. The topological polar surface area (TPSA) is 473 Å². The van der Waals surface area contributed by atoms with Crippen LogP contribution in [0.3, 0.4) is 0 Å². The van der Waals surface area contributed by atoms with Crippen LogP contribution in [0, 0.1) is 6.92 Å². The summed E-state index contributed by atoms with van der Waals surface area (Å²) in [6.07, 6.45) is 9.10. The lowest BCUT2D eigenvalue weighted by molar-refractivity contribution is 0.0905. The van der Waals surface area contributed by atoms with Crippen LogP contribution in [0.15, 0.2) is 237 Å². The SMILES string of the molecule is CC(C)(C)NC(=O)c1noc(-c2ccc(OC/C(=C/F)CN)cc2)n1.CC(C)(C)c1nc(-c2ccc(OC/C(=C/F)CN)cc2)no1.CC(C)(C)n1nnc(-c2ccc(OC/C(=C/F)CN)cc2)n1.Cc1cn[nH]c1-c1ccc(OC/C(=C/F)CN)cc1.NC/C(=C\F)COc1ccc(-c2nnn(C3CC3)n2)cc1.NC/C(=C\F)COc1ccc(-c2noc(C3CC3)n2)cc1. The van der Waals surface area contributed by atoms with Gasteiger partial charge < -0.3 is 81.7 Å². The number of rotatable bonds is 33. The molecule has 12 aromatic rings. The van der Waals surface area contributed by atoms with Crippen molar-refractivity contribution in [3.05, 3.63) is 246 Å². The van der Waals surface area contributed by atoms with Crippen LogP contribution >= 0.6 is 0 Å². The summed E-state index contributed by atoms with van der Waals surface area (Å²) in [5.41, 5.74) is 40.9. The molecular weight excluding hydrogens is 1690 g/mol. The van der Waals surface area contributed by atoms with E-state index in [0.29, 0.717) is 159 Å². The van der Waals surface area contributed by atoms with E-state index >= 15 is 0 Å². The van der Waals surface area contributed by atoms with E-state index in [9.17, 15) is 31.1 Å². The average Bonchev–Trinajstić information content (AvgIpc) is 1.67. The van der Waals surface area contributed by atoms with Gasteiger partial charge in [-0.3, -0.25) is 9.89 Å². The van der Waals surface area contributed by atoms with Crippen molar-refractivity contribution >= 4 is 5.91 Å². The lowest BCUT2D eigenvalue weighted by Crippen LogP contribution is -2.41. The predicted molar refractivity (Wildman–Crippen MR) is 478 cm³/mol. The van der Waals surface area contributed by atoms with Gasteiger partial charge >= 0.3 is 0 Å². The molecule has 2 aliphatic carbocycles. The van der Waals surface area contributed by atoms with Gasteiger partial charge in [-0.2, -0.15) is 29.6 Å². The highest BCUT2D eigenvalue weighted by atomic mass is 19.1. The highest BCUT2D eigenvalue weighted by molar-refractivity contribution is 5.91. The molecule has 14 rings (SSSR count). The van der Waals surface area contributed by atoms with Crippen molar-refractivity contribution < 1.29 is 73.1 Å². The van der Waals surface area contributed by atoms with Gasteiger partial charge in [-0.15, -0.1) is 20.4 Å². The molecule has 6 aromatic carbocycles. The lowest BCUT2D eigenvalue weighted by Gasteiger charge is -2.18. The number of H-pyrrole nitrogens is 1. The van der Waals surface area contributed by atoms with Crippen molar-refractivity contribution in [1.82, 2.24) is 86.4 Å². The van der Waals surface area contributed by atoms with Crippen LogP contribution in [-0.2, 0) is 11.0 Å². The Hall–Kier alpha value is -13.9. The number of amides is 1. The number of hydrogen-bond donors (Lipinski definition) is 8. The second-order valence-corrected chi connectivity index (χ2v) is 32.4. The van der Waals surface area contributed by atoms with E-state index in [1.165, 1.54) is 0 Å². The highest BCUT2D eigenvalue weighted by Crippen LogP contribution is 2.40. The molecule has 39 heteroatoms. The van der Waals surface area contributed by atoms with E-state index in [4.69, 9.17) is 76.4 Å². The first-order valence-corrected chi connectivity index (χ1v) is 41.3. The standard InChI is InChI=1S/C17H21FN4O3.C16H20FN3O2.C15H20FN5O.C15H16FN3O2.C14H16FN5O.C14H16FN3O/c1-17(2,3)21-15(23)14-20-16(25-22-14)12-4-6-13(7-5-12)24-10-11(8-18)9-19;1-16(2,3)15-19-14(20-22-15)12-4-6-13(7-5-12)21-10-11(8-17)9-18;1-15(2,3)21-19-14(18-20-21)12-4-6-13(7-5-12)22-10-11(8-16)9-17;16-7-10(8-17)9-20-13-5-3-11(4-6-13)14-18-15(21-19-14)12-1-2-12;15-7-10(8-16)9-21-13-5-1-11(2-6-13)14-17-19-20(18-14)12-3-4-12;1-10-8-17-18-14(10)12-2-4-13(5-3-12)19-9-11(6-15)7-16/h4-8H,9-10,19H2,1-3H3,(H,21,23);4-8H,9-10,18H2,1-3H3;4-8H,9-10,17H2,1-3H3;3-7,12H,1-2,8-9,17H2;1-2,5-7,12H,3-4,8-9,16H2;2-6,8H,7,9,16H2,1H3,(H,17,18)/b3*11-8+;2*10-7+;11-6+. The summed E-state index contributed by atoms with van der Waals surface area (Å²) in [6, 6.07) is 43.7. The fourth-order valence-electron chi connectivity index (χ4n) is 10.5. The Balaban J connectivity index is 0.000000176. The molecule has 2 saturated carbocycles. The Morgan fingerprint density at radius 2 is 0.792 bits per heavy atom. The molecule has 0 spiro atoms. The molecule has 0 saturated heterocycles. The number of nitrogens with one attached hydrogen (secondary N) is 2. The van der Waals surface area contributed by atoms with Gasteiger partial charge in [-0.05, 0) is 236 Å². The number of ether oxygens (including phenoxy) is 6. The van der Waals surface area contributed by atoms with E-state index in [0.717, 1.165) is 64.8 Å². The van der Waals surface area contributed by atoms with E-state index in [1.807, 2.05) is 142 Å². The van der Waals surface area contributed by atoms with Gasteiger partial charge in [0.2, 0.25) is 35.1 Å². The van der Waals surface area contributed by atoms with Crippen molar-refractivity contribution in [2.45, 2.75) is 123 Å². The third-order valence-corrected chi connectivity index (χ3v) is 18.4. The van der Waals surface area contributed by atoms with Crippen LogP contribution in [0.25, 0.3) is 68.3 Å². The van der Waals surface area contributed by atoms with E-state index < -0.39 is 11.4 Å². The monoisotopic (exact) mass is 1800 g/mol. The number of benzene rings is 6. The van der Waals surface area contributed by atoms with Crippen molar-refractivity contribution in [2.24, 2.45) is 34.4 Å². The number of hydrogen-bond acceptors (Lipinski definition) is 29.